The lowest BCUT2D eigenvalue weighted by Gasteiger charge is -2.19. The fourth-order valence-electron chi connectivity index (χ4n) is 5.53. The maximum Gasteiger partial charge on any atom is 0.472 e. The molecule has 9 nitrogen and oxygen atoms in total. The molecule has 0 saturated carbocycles. The molecule has 0 aromatic heterocycles. The van der Waals surface area contributed by atoms with Gasteiger partial charge < -0.3 is 20.1 Å². The molecule has 10 heteroatoms. The monoisotopic (exact) mass is 768 g/mol. The van der Waals surface area contributed by atoms with Gasteiger partial charge in [0.2, 0.25) is 0 Å². The molecule has 0 fully saturated rings. The molecular weight excluding hydrogens is 689 g/mol. The van der Waals surface area contributed by atoms with Gasteiger partial charge in [0.25, 0.3) is 0 Å². The van der Waals surface area contributed by atoms with Crippen LogP contribution >= 0.6 is 7.82 Å². The molecule has 1 unspecified atom stereocenters. The van der Waals surface area contributed by atoms with Gasteiger partial charge in [-0.2, -0.15) is 0 Å². The smallest absolute Gasteiger partial charge is 0.462 e. The summed E-state index contributed by atoms with van der Waals surface area (Å²) in [5.74, 6) is -0.909. The normalized spacial score (nSPS) is 13.8. The van der Waals surface area contributed by atoms with E-state index in [1.807, 2.05) is 0 Å². The van der Waals surface area contributed by atoms with Crippen molar-refractivity contribution in [3.05, 3.63) is 48.6 Å². The summed E-state index contributed by atoms with van der Waals surface area (Å²) in [4.78, 5) is 34.8. The van der Waals surface area contributed by atoms with Crippen molar-refractivity contribution in [2.45, 2.75) is 187 Å². The van der Waals surface area contributed by atoms with Crippen molar-refractivity contribution < 1.29 is 37.6 Å². The number of unbranched alkanes of at least 4 members (excludes halogenated alkanes) is 18. The molecule has 3 N–H and O–H groups in total. The number of phosphoric ester groups is 1. The number of carbonyl (C=O) groups is 2. The lowest BCUT2D eigenvalue weighted by atomic mass is 10.1. The first-order valence-electron chi connectivity index (χ1n) is 21.1. The molecule has 0 aliphatic carbocycles. The third kappa shape index (κ3) is 39.5. The highest BCUT2D eigenvalue weighted by atomic mass is 31.2. The molecule has 0 aromatic rings. The van der Waals surface area contributed by atoms with Gasteiger partial charge in [0.05, 0.1) is 13.2 Å². The van der Waals surface area contributed by atoms with E-state index in [2.05, 4.69) is 62.5 Å². The Labute approximate surface area is 324 Å². The van der Waals surface area contributed by atoms with E-state index in [4.69, 9.17) is 24.3 Å². The van der Waals surface area contributed by atoms with Gasteiger partial charge in [-0.05, 0) is 70.6 Å². The molecule has 0 radical (unpaired) electrons. The Morgan fingerprint density at radius 1 is 0.566 bits per heavy atom. The first-order valence-corrected chi connectivity index (χ1v) is 22.6. The van der Waals surface area contributed by atoms with Crippen molar-refractivity contribution >= 4 is 19.8 Å². The molecule has 0 rings (SSSR count). The van der Waals surface area contributed by atoms with Crippen molar-refractivity contribution in [1.29, 1.82) is 0 Å². The van der Waals surface area contributed by atoms with E-state index in [-0.39, 0.29) is 32.6 Å². The zero-order valence-corrected chi connectivity index (χ0v) is 34.6. The Balaban J connectivity index is 4.28. The summed E-state index contributed by atoms with van der Waals surface area (Å²) in [6, 6.07) is 0. The van der Waals surface area contributed by atoms with Crippen LogP contribution in [0.5, 0.6) is 0 Å². The summed E-state index contributed by atoms with van der Waals surface area (Å²) >= 11 is 0. The van der Waals surface area contributed by atoms with Crippen molar-refractivity contribution in [2.24, 2.45) is 5.73 Å². The molecule has 308 valence electrons. The largest absolute Gasteiger partial charge is 0.472 e. The van der Waals surface area contributed by atoms with Gasteiger partial charge in [0.15, 0.2) is 6.10 Å². The zero-order chi connectivity index (χ0) is 38.9. The molecule has 2 atom stereocenters. The average Bonchev–Trinajstić information content (AvgIpc) is 3.14. The van der Waals surface area contributed by atoms with E-state index in [0.29, 0.717) is 12.8 Å². The number of nitrogens with two attached hydrogens (primary N) is 1. The molecule has 53 heavy (non-hydrogen) atoms. The Hall–Kier alpha value is -2.03. The van der Waals surface area contributed by atoms with Gasteiger partial charge in [-0.3, -0.25) is 18.6 Å². The molecule has 0 spiro atoms. The summed E-state index contributed by atoms with van der Waals surface area (Å²) in [7, 11) is -4.39. The minimum atomic E-state index is -4.39. The third-order valence-corrected chi connectivity index (χ3v) is 9.67. The van der Waals surface area contributed by atoms with Crippen LogP contribution in [0.1, 0.15) is 181 Å². The Morgan fingerprint density at radius 2 is 1.00 bits per heavy atom. The Morgan fingerprint density at radius 3 is 1.53 bits per heavy atom. The van der Waals surface area contributed by atoms with Gasteiger partial charge in [-0.15, -0.1) is 0 Å². The van der Waals surface area contributed by atoms with E-state index in [1.165, 1.54) is 89.9 Å². The highest BCUT2D eigenvalue weighted by Crippen LogP contribution is 2.43. The highest BCUT2D eigenvalue weighted by molar-refractivity contribution is 7.47. The van der Waals surface area contributed by atoms with Crippen LogP contribution < -0.4 is 5.73 Å². The lowest BCUT2D eigenvalue weighted by molar-refractivity contribution is -0.161. The molecule has 0 bridgehead atoms. The highest BCUT2D eigenvalue weighted by Gasteiger charge is 2.25. The van der Waals surface area contributed by atoms with Gasteiger partial charge in [-0.1, -0.05) is 146 Å². The predicted octanol–water partition coefficient (Wildman–Crippen LogP) is 11.9. The topological polar surface area (TPSA) is 134 Å². The van der Waals surface area contributed by atoms with Gasteiger partial charge in [0, 0.05) is 19.4 Å². The van der Waals surface area contributed by atoms with E-state index < -0.39 is 32.5 Å². The minimum Gasteiger partial charge on any atom is -0.462 e. The summed E-state index contributed by atoms with van der Waals surface area (Å²) in [5.41, 5.74) is 5.34. The number of phosphoric acid groups is 1. The fraction of sp³-hybridized carbons (Fsp3) is 0.767. The molecule has 0 aliphatic rings. The second kappa shape index (κ2) is 39.7. The summed E-state index contributed by atoms with van der Waals surface area (Å²) in [6.07, 6.45) is 44.4. The van der Waals surface area contributed by atoms with Crippen molar-refractivity contribution in [2.75, 3.05) is 26.4 Å². The summed E-state index contributed by atoms with van der Waals surface area (Å²) < 4.78 is 32.7. The van der Waals surface area contributed by atoms with Crippen LogP contribution in [-0.4, -0.2) is 49.3 Å². The first-order chi connectivity index (χ1) is 25.8. The van der Waals surface area contributed by atoms with Gasteiger partial charge in [-0.25, -0.2) is 4.57 Å². The fourth-order valence-corrected chi connectivity index (χ4v) is 6.29. The van der Waals surface area contributed by atoms with Gasteiger partial charge in [0.1, 0.15) is 6.61 Å². The molecule has 0 heterocycles. The number of hydrogen-bond donors (Lipinski definition) is 2. The molecule has 0 aliphatic heterocycles. The second-order valence-corrected chi connectivity index (χ2v) is 15.3. The number of esters is 2. The summed E-state index contributed by atoms with van der Waals surface area (Å²) in [6.45, 7) is 3.64. The third-order valence-electron chi connectivity index (χ3n) is 8.69. The number of allylic oxidation sites excluding steroid dienone is 8. The Kier molecular flexibility index (Phi) is 38.1. The first kappa shape index (κ1) is 51.0. The lowest BCUT2D eigenvalue weighted by Crippen LogP contribution is -2.29. The van der Waals surface area contributed by atoms with E-state index in [0.717, 1.165) is 51.4 Å². The quantitative estimate of drug-likeness (QED) is 0.0271. The van der Waals surface area contributed by atoms with Crippen LogP contribution in [-0.2, 0) is 32.7 Å². The average molecular weight is 768 g/mol. The number of ether oxygens (including phenoxy) is 2. The zero-order valence-electron chi connectivity index (χ0n) is 33.7. The van der Waals surface area contributed by atoms with Crippen LogP contribution in [0.15, 0.2) is 48.6 Å². The maximum absolute atomic E-state index is 12.5. The summed E-state index contributed by atoms with van der Waals surface area (Å²) in [5, 5.41) is 0. The van der Waals surface area contributed by atoms with Crippen molar-refractivity contribution in [3.63, 3.8) is 0 Å². The molecule has 0 amide bonds. The predicted molar refractivity (Wildman–Crippen MR) is 220 cm³/mol. The van der Waals surface area contributed by atoms with Crippen LogP contribution in [0.25, 0.3) is 0 Å². The van der Waals surface area contributed by atoms with Crippen molar-refractivity contribution in [1.82, 2.24) is 0 Å². The van der Waals surface area contributed by atoms with Crippen LogP contribution in [0.4, 0.5) is 0 Å². The van der Waals surface area contributed by atoms with Crippen molar-refractivity contribution in [3.8, 4) is 0 Å². The second-order valence-electron chi connectivity index (χ2n) is 13.8. The van der Waals surface area contributed by atoms with Crippen LogP contribution in [0.3, 0.4) is 0 Å². The van der Waals surface area contributed by atoms with E-state index in [1.54, 1.807) is 0 Å². The standard InChI is InChI=1S/C43H78NO8P/c1-3-5-7-9-11-13-15-17-19-20-22-23-25-27-29-31-33-35-42(45)49-39-41(40-51-53(47,48)50-38-37-44)52-43(46)36-34-32-30-28-26-24-21-18-16-14-12-10-8-6-4-2/h17,19,22-24,26-27,29,41H,3-16,18,20-21,25,28,30-40,44H2,1-2H3,(H,47,48)/b19-17+,23-22+,26-24+,29-27+/t41-/m1/s1. The number of hydrogen-bond acceptors (Lipinski definition) is 8. The van der Waals surface area contributed by atoms with E-state index >= 15 is 0 Å². The minimum absolute atomic E-state index is 0.0435. The maximum atomic E-state index is 12.5. The van der Waals surface area contributed by atoms with Gasteiger partial charge >= 0.3 is 19.8 Å². The van der Waals surface area contributed by atoms with E-state index in [9.17, 15) is 19.0 Å². The van der Waals surface area contributed by atoms with Crippen LogP contribution in [0.2, 0.25) is 0 Å². The number of rotatable bonds is 39. The molecule has 0 aromatic carbocycles. The SMILES string of the molecule is CCCCCCCC/C=C/C/C=C/C/C=C/CCCC(=O)OC[C@H](COP(=O)(O)OCCN)OC(=O)CCCCC/C=C/CCCCCCCCCC. The molecule has 0 saturated heterocycles. The number of carbonyl (C=O) groups excluding carboxylic acids is 2. The Bertz CT molecular complexity index is 1010. The van der Waals surface area contributed by atoms with Crippen LogP contribution in [0, 0.1) is 0 Å². The molecular formula is C43H78NO8P.